The standard InChI is InChI=1S/C18H18FN3O.C4H4O4/c1-10-14(21-9-20-10)7-11-3-6-15-17(18(11)23)13-5-4-12(19)8-16(13)22(15)2;5-3(6)1-2-4(7)8/h4-5,8-9,11H,3,6-7H2,1-2H3,(H,20,21);1-2H,(H,5,6)(H,7,8). The van der Waals surface area contributed by atoms with Crippen LogP contribution in [0.5, 0.6) is 0 Å². The number of aliphatic carboxylic acids is 2. The highest BCUT2D eigenvalue weighted by Crippen LogP contribution is 2.35. The minimum atomic E-state index is -1.26. The van der Waals surface area contributed by atoms with Gasteiger partial charge < -0.3 is 19.8 Å². The van der Waals surface area contributed by atoms with Gasteiger partial charge in [-0.05, 0) is 38.0 Å². The zero-order valence-corrected chi connectivity index (χ0v) is 17.1. The molecule has 1 atom stereocenters. The fraction of sp³-hybridized carbons (Fsp3) is 0.273. The van der Waals surface area contributed by atoms with Crippen LogP contribution in [0, 0.1) is 18.7 Å². The molecular formula is C22H22FN3O5. The number of hydrogen-bond acceptors (Lipinski definition) is 4. The number of aryl methyl sites for hydroxylation is 2. The van der Waals surface area contributed by atoms with E-state index in [9.17, 15) is 18.8 Å². The first-order chi connectivity index (χ1) is 14.7. The predicted molar refractivity (Wildman–Crippen MR) is 110 cm³/mol. The van der Waals surface area contributed by atoms with Gasteiger partial charge in [-0.3, -0.25) is 4.79 Å². The first kappa shape index (κ1) is 21.9. The number of imidazole rings is 1. The van der Waals surface area contributed by atoms with Crippen LogP contribution in [0.3, 0.4) is 0 Å². The van der Waals surface area contributed by atoms with Crippen LogP contribution in [-0.2, 0) is 29.5 Å². The zero-order valence-electron chi connectivity index (χ0n) is 17.1. The van der Waals surface area contributed by atoms with E-state index in [1.807, 2.05) is 18.5 Å². The maximum Gasteiger partial charge on any atom is 0.328 e. The molecule has 0 saturated heterocycles. The van der Waals surface area contributed by atoms with Crippen molar-refractivity contribution < 1.29 is 29.0 Å². The van der Waals surface area contributed by atoms with Crippen molar-refractivity contribution in [1.29, 1.82) is 0 Å². The van der Waals surface area contributed by atoms with Gasteiger partial charge in [-0.15, -0.1) is 0 Å². The Balaban J connectivity index is 0.000000293. The molecule has 9 heteroatoms. The Bertz CT molecular complexity index is 1180. The van der Waals surface area contributed by atoms with E-state index in [0.717, 1.165) is 46.4 Å². The summed E-state index contributed by atoms with van der Waals surface area (Å²) in [5.41, 5.74) is 4.55. The molecule has 3 N–H and O–H groups in total. The van der Waals surface area contributed by atoms with Crippen LogP contribution in [0.1, 0.15) is 33.9 Å². The van der Waals surface area contributed by atoms with Crippen molar-refractivity contribution in [3.63, 3.8) is 0 Å². The molecule has 0 saturated carbocycles. The van der Waals surface area contributed by atoms with Crippen LogP contribution < -0.4 is 0 Å². The average Bonchev–Trinajstić information content (AvgIpc) is 3.24. The minimum absolute atomic E-state index is 0.0554. The SMILES string of the molecule is Cc1[nH]cnc1CC1CCc2c(c3ccc(F)cc3n2C)C1=O.O=C(O)C=CC(=O)O. The van der Waals surface area contributed by atoms with Crippen molar-refractivity contribution in [2.45, 2.75) is 26.2 Å². The van der Waals surface area contributed by atoms with Gasteiger partial charge in [0.2, 0.25) is 0 Å². The number of carboxylic acids is 2. The number of rotatable bonds is 4. The molecule has 0 fully saturated rings. The first-order valence-corrected chi connectivity index (χ1v) is 9.62. The Morgan fingerprint density at radius 1 is 1.29 bits per heavy atom. The van der Waals surface area contributed by atoms with E-state index >= 15 is 0 Å². The van der Waals surface area contributed by atoms with Gasteiger partial charge in [-0.25, -0.2) is 19.0 Å². The van der Waals surface area contributed by atoms with Crippen molar-refractivity contribution >= 4 is 28.6 Å². The molecule has 0 spiro atoms. The number of nitrogens with zero attached hydrogens (tertiary/aromatic N) is 2. The van der Waals surface area contributed by atoms with Gasteiger partial charge in [-0.1, -0.05) is 0 Å². The molecule has 0 bridgehead atoms. The quantitative estimate of drug-likeness (QED) is 0.550. The number of fused-ring (bicyclic) bond motifs is 3. The lowest BCUT2D eigenvalue weighted by molar-refractivity contribution is -0.134. The van der Waals surface area contributed by atoms with E-state index in [0.29, 0.717) is 18.6 Å². The molecule has 0 radical (unpaired) electrons. The summed E-state index contributed by atoms with van der Waals surface area (Å²) in [6, 6.07) is 4.66. The number of hydrogen-bond donors (Lipinski definition) is 3. The van der Waals surface area contributed by atoms with Crippen molar-refractivity contribution in [3.05, 3.63) is 65.1 Å². The van der Waals surface area contributed by atoms with Crippen LogP contribution in [0.15, 0.2) is 36.7 Å². The Hall–Kier alpha value is -3.75. The molecule has 3 aromatic rings. The molecule has 0 aliphatic heterocycles. The van der Waals surface area contributed by atoms with Crippen molar-refractivity contribution in [2.75, 3.05) is 0 Å². The minimum Gasteiger partial charge on any atom is -0.478 e. The van der Waals surface area contributed by atoms with Gasteiger partial charge in [-0.2, -0.15) is 0 Å². The molecule has 31 heavy (non-hydrogen) atoms. The Labute approximate surface area is 177 Å². The number of benzene rings is 1. The van der Waals surface area contributed by atoms with Gasteiger partial charge in [0, 0.05) is 53.9 Å². The number of carbonyl (C=O) groups excluding carboxylic acids is 1. The number of nitrogens with one attached hydrogen (secondary N) is 1. The topological polar surface area (TPSA) is 125 Å². The van der Waals surface area contributed by atoms with E-state index in [1.54, 1.807) is 12.4 Å². The number of halogens is 1. The summed E-state index contributed by atoms with van der Waals surface area (Å²) >= 11 is 0. The molecule has 2 aromatic heterocycles. The number of ketones is 1. The second-order valence-corrected chi connectivity index (χ2v) is 7.33. The number of Topliss-reactive ketones (excluding diaryl/α,β-unsaturated/α-hetero) is 1. The van der Waals surface area contributed by atoms with Crippen LogP contribution in [0.2, 0.25) is 0 Å². The molecule has 2 heterocycles. The number of carboxylic acid groups (broad SMARTS) is 2. The van der Waals surface area contributed by atoms with E-state index in [1.165, 1.54) is 12.1 Å². The predicted octanol–water partition coefficient (Wildman–Crippen LogP) is 3.05. The maximum atomic E-state index is 13.5. The lowest BCUT2D eigenvalue weighted by Crippen LogP contribution is -2.25. The first-order valence-electron chi connectivity index (χ1n) is 9.62. The monoisotopic (exact) mass is 427 g/mol. The lowest BCUT2D eigenvalue weighted by Gasteiger charge is -2.21. The number of carbonyl (C=O) groups is 3. The molecule has 1 aliphatic rings. The maximum absolute atomic E-state index is 13.5. The van der Waals surface area contributed by atoms with Gasteiger partial charge in [0.25, 0.3) is 0 Å². The normalized spacial score (nSPS) is 15.6. The van der Waals surface area contributed by atoms with E-state index in [4.69, 9.17) is 10.2 Å². The van der Waals surface area contributed by atoms with E-state index < -0.39 is 11.9 Å². The van der Waals surface area contributed by atoms with Gasteiger partial charge in [0.05, 0.1) is 17.5 Å². The average molecular weight is 427 g/mol. The van der Waals surface area contributed by atoms with E-state index in [2.05, 4.69) is 9.97 Å². The summed E-state index contributed by atoms with van der Waals surface area (Å²) in [5.74, 6) is -2.68. The second-order valence-electron chi connectivity index (χ2n) is 7.33. The van der Waals surface area contributed by atoms with E-state index in [-0.39, 0.29) is 17.5 Å². The summed E-state index contributed by atoms with van der Waals surface area (Å²) in [7, 11) is 1.91. The number of aromatic nitrogens is 3. The zero-order chi connectivity index (χ0) is 22.7. The molecule has 1 aromatic carbocycles. The summed E-state index contributed by atoms with van der Waals surface area (Å²) in [6.07, 6.45) is 5.09. The highest BCUT2D eigenvalue weighted by molar-refractivity contribution is 6.11. The molecular weight excluding hydrogens is 405 g/mol. The number of aromatic amines is 1. The fourth-order valence-corrected chi connectivity index (χ4v) is 3.84. The summed E-state index contributed by atoms with van der Waals surface area (Å²) in [4.78, 5) is 39.5. The van der Waals surface area contributed by atoms with Gasteiger partial charge in [0.15, 0.2) is 5.78 Å². The molecule has 0 amide bonds. The highest BCUT2D eigenvalue weighted by atomic mass is 19.1. The third-order valence-corrected chi connectivity index (χ3v) is 5.37. The smallest absolute Gasteiger partial charge is 0.328 e. The van der Waals surface area contributed by atoms with Crippen molar-refractivity contribution in [1.82, 2.24) is 14.5 Å². The van der Waals surface area contributed by atoms with Gasteiger partial charge in [0.1, 0.15) is 5.82 Å². The molecule has 8 nitrogen and oxygen atoms in total. The van der Waals surface area contributed by atoms with Crippen LogP contribution in [0.4, 0.5) is 4.39 Å². The molecule has 1 unspecified atom stereocenters. The molecule has 162 valence electrons. The summed E-state index contributed by atoms with van der Waals surface area (Å²) in [6.45, 7) is 1.97. The Morgan fingerprint density at radius 2 is 1.97 bits per heavy atom. The van der Waals surface area contributed by atoms with Crippen molar-refractivity contribution in [2.24, 2.45) is 13.0 Å². The van der Waals surface area contributed by atoms with Crippen LogP contribution in [0.25, 0.3) is 10.9 Å². The molecule has 1 aliphatic carbocycles. The Morgan fingerprint density at radius 3 is 2.55 bits per heavy atom. The fourth-order valence-electron chi connectivity index (χ4n) is 3.84. The van der Waals surface area contributed by atoms with Crippen LogP contribution >= 0.6 is 0 Å². The number of H-pyrrole nitrogens is 1. The largest absolute Gasteiger partial charge is 0.478 e. The lowest BCUT2D eigenvalue weighted by atomic mass is 9.82. The Kier molecular flexibility index (Phi) is 6.33. The van der Waals surface area contributed by atoms with Crippen molar-refractivity contribution in [3.8, 4) is 0 Å². The molecule has 4 rings (SSSR count). The van der Waals surface area contributed by atoms with Crippen LogP contribution in [-0.4, -0.2) is 42.5 Å². The second kappa shape index (κ2) is 8.95. The summed E-state index contributed by atoms with van der Waals surface area (Å²) in [5, 5.41) is 16.5. The third-order valence-electron chi connectivity index (χ3n) is 5.37. The highest BCUT2D eigenvalue weighted by Gasteiger charge is 2.32. The summed E-state index contributed by atoms with van der Waals surface area (Å²) < 4.78 is 15.5. The van der Waals surface area contributed by atoms with Gasteiger partial charge >= 0.3 is 11.9 Å². The third kappa shape index (κ3) is 4.71.